The van der Waals surface area contributed by atoms with Crippen molar-refractivity contribution < 1.29 is 120 Å². The maximum Gasteiger partial charge on any atom is 1.00 e. The van der Waals surface area contributed by atoms with E-state index in [-0.39, 0.29) is 156 Å². The van der Waals surface area contributed by atoms with Crippen LogP contribution < -0.4 is 125 Å². The first-order valence-corrected chi connectivity index (χ1v) is 11.7. The third kappa shape index (κ3) is 5.05. The van der Waals surface area contributed by atoms with Gasteiger partial charge in [-0.1, -0.05) is 24.3 Å². The van der Waals surface area contributed by atoms with Crippen LogP contribution in [0.2, 0.25) is 0 Å². The van der Waals surface area contributed by atoms with Gasteiger partial charge in [0.1, 0.15) is 0 Å². The van der Waals surface area contributed by atoms with Crippen LogP contribution in [-0.4, -0.2) is 27.5 Å². The average Bonchev–Trinajstić information content (AvgIpc) is 3.27. The predicted molar refractivity (Wildman–Crippen MR) is 123 cm³/mol. The van der Waals surface area contributed by atoms with Crippen LogP contribution in [0.1, 0.15) is 0 Å². The standard InChI is InChI=1S/C22H12N2O8S2.2K/c25-19-15-13(9-1-5-11(6-2-9)33(29)30)16-18(22(28)24-20(16)26)14(17(15)21(27)23-19)10-3-7-12(8-4-10)34(31)32;;/h1-8H,(H,29,30)(H,31,32)(H,23,25,27)(H,24,26,28);;/q;2*+1/p-2. The van der Waals surface area contributed by atoms with Gasteiger partial charge in [0.25, 0.3) is 22.2 Å². The molecule has 0 spiro atoms. The molecule has 0 fully saturated rings. The Kier molecular flexibility index (Phi) is 9.72. The summed E-state index contributed by atoms with van der Waals surface area (Å²) in [7, 11) is 0. The first-order chi connectivity index (χ1) is 16.2. The van der Waals surface area contributed by atoms with Gasteiger partial charge in [-0.3, -0.25) is 37.6 Å². The van der Waals surface area contributed by atoms with Crippen molar-refractivity contribution in [2.45, 2.75) is 9.79 Å². The van der Waals surface area contributed by atoms with Crippen LogP contribution in [-0.2, 0) is 22.2 Å². The van der Waals surface area contributed by atoms with E-state index in [4.69, 9.17) is 0 Å². The van der Waals surface area contributed by atoms with Crippen molar-refractivity contribution in [2.75, 3.05) is 0 Å². The van der Waals surface area contributed by atoms with E-state index in [1.165, 1.54) is 48.5 Å². The van der Waals surface area contributed by atoms with Crippen molar-refractivity contribution in [1.82, 2.24) is 9.97 Å². The molecule has 170 valence electrons. The SMILES string of the molecule is O=c1[nH]c(=O)c2c(-c3ccc(S(=O)[O-])cc3)c3c(=O)[nH]c(=O)c3c(-c3ccc(S(=O)[O-])cc3)c12.[K+].[K+]. The van der Waals surface area contributed by atoms with Gasteiger partial charge in [-0.25, -0.2) is 0 Å². The molecular weight excluding hydrogens is 563 g/mol. The van der Waals surface area contributed by atoms with E-state index in [0.717, 1.165) is 0 Å². The third-order valence-electron chi connectivity index (χ3n) is 5.53. The fraction of sp³-hybridized carbons (Fsp3) is 0. The largest absolute Gasteiger partial charge is 1.00 e. The Labute approximate surface area is 291 Å². The molecule has 10 nitrogen and oxygen atoms in total. The minimum atomic E-state index is -2.51. The Balaban J connectivity index is 0.00000180. The van der Waals surface area contributed by atoms with Gasteiger partial charge in [-0.2, -0.15) is 0 Å². The quantitative estimate of drug-likeness (QED) is 0.158. The molecule has 14 heteroatoms. The molecule has 0 radical (unpaired) electrons. The molecule has 2 aromatic heterocycles. The summed E-state index contributed by atoms with van der Waals surface area (Å²) in [6.07, 6.45) is 0. The zero-order chi connectivity index (χ0) is 24.3. The minimum absolute atomic E-state index is 0. The Morgan fingerprint density at radius 3 is 0.972 bits per heavy atom. The normalized spacial score (nSPS) is 12.7. The number of aromatic amines is 2. The number of hydrogen-bond donors (Lipinski definition) is 2. The molecule has 0 saturated heterocycles. The van der Waals surface area contributed by atoms with Gasteiger partial charge >= 0.3 is 103 Å². The van der Waals surface area contributed by atoms with Gasteiger partial charge in [0.15, 0.2) is 0 Å². The summed E-state index contributed by atoms with van der Waals surface area (Å²) in [4.78, 5) is 55.6. The second kappa shape index (κ2) is 11.7. The van der Waals surface area contributed by atoms with E-state index in [1.807, 2.05) is 0 Å². The van der Waals surface area contributed by atoms with Crippen LogP contribution in [0.5, 0.6) is 0 Å². The fourth-order valence-electron chi connectivity index (χ4n) is 4.16. The number of fused-ring (bicyclic) bond motifs is 2. The molecule has 36 heavy (non-hydrogen) atoms. The van der Waals surface area contributed by atoms with Gasteiger partial charge < -0.3 is 9.11 Å². The number of nitrogens with one attached hydrogen (secondary N) is 2. The number of benzene rings is 3. The number of hydrogen-bond acceptors (Lipinski definition) is 8. The van der Waals surface area contributed by atoms with Crippen molar-refractivity contribution in [3.63, 3.8) is 0 Å². The van der Waals surface area contributed by atoms with E-state index in [2.05, 4.69) is 9.97 Å². The number of aromatic nitrogens is 2. The number of H-pyrrole nitrogens is 2. The average molecular weight is 573 g/mol. The second-order valence-electron chi connectivity index (χ2n) is 7.33. The molecule has 0 amide bonds. The van der Waals surface area contributed by atoms with Crippen LogP contribution >= 0.6 is 0 Å². The topological polar surface area (TPSA) is 180 Å². The minimum Gasteiger partial charge on any atom is -0.768 e. The van der Waals surface area contributed by atoms with Crippen molar-refractivity contribution in [2.24, 2.45) is 0 Å². The Hall–Kier alpha value is -0.567. The van der Waals surface area contributed by atoms with E-state index >= 15 is 0 Å². The fourth-order valence-corrected chi connectivity index (χ4v) is 4.87. The molecule has 2 unspecified atom stereocenters. The molecule has 2 heterocycles. The summed E-state index contributed by atoms with van der Waals surface area (Å²) in [5, 5.41) is -0.570. The predicted octanol–water partition coefficient (Wildman–Crippen LogP) is -5.22. The van der Waals surface area contributed by atoms with Crippen LogP contribution in [0.3, 0.4) is 0 Å². The Bertz CT molecular complexity index is 1670. The third-order valence-corrected chi connectivity index (χ3v) is 6.85. The zero-order valence-corrected chi connectivity index (χ0v) is 26.6. The monoisotopic (exact) mass is 572 g/mol. The molecule has 0 aliphatic rings. The van der Waals surface area contributed by atoms with Crippen LogP contribution in [0, 0.1) is 0 Å². The maximum atomic E-state index is 12.8. The molecular formula is C22H10K2N2O8S2. The molecule has 0 bridgehead atoms. The van der Waals surface area contributed by atoms with Crippen molar-refractivity contribution >= 4 is 43.7 Å². The van der Waals surface area contributed by atoms with Gasteiger partial charge in [0.05, 0.1) is 21.5 Å². The summed E-state index contributed by atoms with van der Waals surface area (Å²) >= 11 is -5.02. The van der Waals surface area contributed by atoms with Crippen LogP contribution in [0.25, 0.3) is 43.8 Å². The maximum absolute atomic E-state index is 12.8. The summed E-state index contributed by atoms with van der Waals surface area (Å²) in [6.45, 7) is 0. The van der Waals surface area contributed by atoms with Gasteiger partial charge in [-0.05, 0) is 57.6 Å². The van der Waals surface area contributed by atoms with E-state index in [1.54, 1.807) is 0 Å². The van der Waals surface area contributed by atoms with Crippen molar-refractivity contribution in [3.05, 3.63) is 89.9 Å². The van der Waals surface area contributed by atoms with Gasteiger partial charge in [0, 0.05) is 20.9 Å². The molecule has 2 N–H and O–H groups in total. The Morgan fingerprint density at radius 2 is 0.750 bits per heavy atom. The molecule has 0 aliphatic carbocycles. The first kappa shape index (κ1) is 30.0. The van der Waals surface area contributed by atoms with Crippen molar-refractivity contribution in [1.29, 1.82) is 0 Å². The molecule has 5 aromatic rings. The molecule has 5 rings (SSSR count). The van der Waals surface area contributed by atoms with E-state index in [0.29, 0.717) is 0 Å². The second-order valence-corrected chi connectivity index (χ2v) is 9.22. The van der Waals surface area contributed by atoms with E-state index in [9.17, 15) is 36.7 Å². The summed E-state index contributed by atoms with van der Waals surface area (Å²) in [6, 6.07) is 10.5. The van der Waals surface area contributed by atoms with Crippen molar-refractivity contribution in [3.8, 4) is 22.3 Å². The smallest absolute Gasteiger partial charge is 0.768 e. The Morgan fingerprint density at radius 1 is 0.500 bits per heavy atom. The van der Waals surface area contributed by atoms with Gasteiger partial charge in [0.2, 0.25) is 0 Å². The van der Waals surface area contributed by atoms with Crippen LogP contribution in [0.4, 0.5) is 0 Å². The van der Waals surface area contributed by atoms with Gasteiger partial charge in [-0.15, -0.1) is 0 Å². The first-order valence-electron chi connectivity index (χ1n) is 9.53. The number of rotatable bonds is 4. The molecule has 3 aromatic carbocycles. The molecule has 2 atom stereocenters. The summed E-state index contributed by atoms with van der Waals surface area (Å²) in [5.41, 5.74) is -2.64. The summed E-state index contributed by atoms with van der Waals surface area (Å²) in [5.74, 6) is 0. The molecule has 0 aliphatic heterocycles. The summed E-state index contributed by atoms with van der Waals surface area (Å²) < 4.78 is 44.9. The van der Waals surface area contributed by atoms with E-state index < -0.39 is 44.4 Å². The van der Waals surface area contributed by atoms with Crippen LogP contribution in [0.15, 0.2) is 77.5 Å². The zero-order valence-electron chi connectivity index (χ0n) is 18.7. The molecule has 0 saturated carbocycles.